The van der Waals surface area contributed by atoms with Crippen molar-refractivity contribution in [1.82, 2.24) is 9.80 Å². The number of nitrogens with two attached hydrogens (primary N) is 1. The van der Waals surface area contributed by atoms with Crippen LogP contribution >= 0.6 is 0 Å². The highest BCUT2D eigenvalue weighted by Crippen LogP contribution is 2.50. The Morgan fingerprint density at radius 2 is 1.77 bits per heavy atom. The molecule has 0 aromatic heterocycles. The number of alkyl halides is 6. The second kappa shape index (κ2) is 10.8. The van der Waals surface area contributed by atoms with Gasteiger partial charge >= 0.3 is 18.3 Å². The molecule has 3 aliphatic rings. The highest BCUT2D eigenvalue weighted by Gasteiger charge is 2.55. The van der Waals surface area contributed by atoms with Crippen molar-refractivity contribution in [3.8, 4) is 0 Å². The van der Waals surface area contributed by atoms with Crippen molar-refractivity contribution in [3.63, 3.8) is 0 Å². The molecule has 1 aromatic rings. The van der Waals surface area contributed by atoms with Gasteiger partial charge in [0.25, 0.3) is 0 Å². The predicted molar refractivity (Wildman–Crippen MR) is 136 cm³/mol. The van der Waals surface area contributed by atoms with Crippen LogP contribution in [0.3, 0.4) is 0 Å². The highest BCUT2D eigenvalue weighted by atomic mass is 19.4. The molecule has 1 saturated carbocycles. The number of carbonyl (C=O) groups is 2. The van der Waals surface area contributed by atoms with Gasteiger partial charge in [-0.15, -0.1) is 0 Å². The molecular weight excluding hydrogens is 542 g/mol. The Morgan fingerprint density at radius 3 is 2.33 bits per heavy atom. The van der Waals surface area contributed by atoms with Crippen molar-refractivity contribution in [3.05, 3.63) is 36.0 Å². The summed E-state index contributed by atoms with van der Waals surface area (Å²) in [4.78, 5) is 30.6. The number of amides is 2. The minimum atomic E-state index is -5.07. The number of rotatable bonds is 5. The monoisotopic (exact) mass is 576 g/mol. The second-order valence-electron chi connectivity index (χ2n) is 11.1. The summed E-state index contributed by atoms with van der Waals surface area (Å²) in [5.41, 5.74) is 4.34. The van der Waals surface area contributed by atoms with E-state index < -0.39 is 41.3 Å². The zero-order valence-corrected chi connectivity index (χ0v) is 22.4. The maximum atomic E-state index is 14.2. The number of anilines is 2. The van der Waals surface area contributed by atoms with Crippen molar-refractivity contribution >= 4 is 23.2 Å². The van der Waals surface area contributed by atoms with E-state index in [9.17, 15) is 35.9 Å². The van der Waals surface area contributed by atoms with Crippen molar-refractivity contribution < 1.29 is 40.7 Å². The van der Waals surface area contributed by atoms with Crippen LogP contribution in [-0.4, -0.2) is 59.8 Å². The van der Waals surface area contributed by atoms with E-state index in [2.05, 4.69) is 6.58 Å². The van der Waals surface area contributed by atoms with E-state index in [1.54, 1.807) is 13.8 Å². The Kier molecular flexibility index (Phi) is 8.09. The molecule has 1 saturated heterocycles. The molecule has 2 atom stereocenters. The smallest absolute Gasteiger partial charge is 0.397 e. The molecule has 4 rings (SSSR count). The summed E-state index contributed by atoms with van der Waals surface area (Å²) in [6.45, 7) is 7.60. The molecule has 1 aliphatic carbocycles. The topological polar surface area (TPSA) is 79.1 Å². The average molecular weight is 577 g/mol. The quantitative estimate of drug-likeness (QED) is 0.380. The molecule has 0 bridgehead atoms. The summed E-state index contributed by atoms with van der Waals surface area (Å²) < 4.78 is 86.9. The molecule has 2 fully saturated rings. The standard InChI is InChI=1S/C27H34F6N4O3/c1-4-35-15-36(14-17-11-18(26(28,29)30)12-21(34)22(17)35)23(38)25(16(2)3)8-5-20(13-25)37(24(39)27(31,32)33)19-6-9-40-10-7-19/h4,11-12,16,19-20H,1,5-10,13-15,34H2,2-3H3/t20-,25+/m1/s1. The minimum Gasteiger partial charge on any atom is -0.397 e. The number of nitrogens with zero attached hydrogens (tertiary/aromatic N) is 3. The summed E-state index contributed by atoms with van der Waals surface area (Å²) in [6, 6.07) is 0.319. The van der Waals surface area contributed by atoms with Gasteiger partial charge in [0.15, 0.2) is 0 Å². The first-order chi connectivity index (χ1) is 18.6. The van der Waals surface area contributed by atoms with Gasteiger partial charge in [-0.3, -0.25) is 9.59 Å². The number of fused-ring (bicyclic) bond motifs is 1. The van der Waals surface area contributed by atoms with Gasteiger partial charge in [-0.25, -0.2) is 0 Å². The Labute approximate surface area is 228 Å². The fourth-order valence-electron chi connectivity index (χ4n) is 6.45. The van der Waals surface area contributed by atoms with Gasteiger partial charge < -0.3 is 25.2 Å². The zero-order chi connectivity index (χ0) is 29.6. The van der Waals surface area contributed by atoms with E-state index in [0.717, 1.165) is 17.0 Å². The van der Waals surface area contributed by atoms with Crippen LogP contribution in [0.1, 0.15) is 57.1 Å². The summed E-state index contributed by atoms with van der Waals surface area (Å²) in [7, 11) is 0. The largest absolute Gasteiger partial charge is 0.471 e. The summed E-state index contributed by atoms with van der Waals surface area (Å²) >= 11 is 0. The Bertz CT molecular complexity index is 1150. The third-order valence-corrected chi connectivity index (χ3v) is 8.53. The lowest BCUT2D eigenvalue weighted by atomic mass is 9.74. The predicted octanol–water partition coefficient (Wildman–Crippen LogP) is 5.30. The molecule has 2 heterocycles. The molecule has 2 aliphatic heterocycles. The van der Waals surface area contributed by atoms with Gasteiger partial charge in [-0.2, -0.15) is 26.3 Å². The second-order valence-corrected chi connectivity index (χ2v) is 11.1. The number of ether oxygens (including phenoxy) is 1. The van der Waals surface area contributed by atoms with Crippen LogP contribution in [0.15, 0.2) is 24.9 Å². The average Bonchev–Trinajstić information content (AvgIpc) is 3.33. The number of carbonyl (C=O) groups excluding carboxylic acids is 2. The van der Waals surface area contributed by atoms with E-state index >= 15 is 0 Å². The maximum Gasteiger partial charge on any atom is 0.471 e. The maximum absolute atomic E-state index is 14.2. The van der Waals surface area contributed by atoms with Crippen LogP contribution in [0, 0.1) is 11.3 Å². The van der Waals surface area contributed by atoms with Crippen LogP contribution in [0.2, 0.25) is 0 Å². The normalized spacial score (nSPS) is 24.3. The number of halogens is 6. The first-order valence-electron chi connectivity index (χ1n) is 13.3. The Balaban J connectivity index is 1.66. The Hall–Kier alpha value is -2.96. The summed E-state index contributed by atoms with van der Waals surface area (Å²) in [5, 5.41) is 0. The highest BCUT2D eigenvalue weighted by molar-refractivity contribution is 5.87. The molecule has 222 valence electrons. The van der Waals surface area contributed by atoms with Gasteiger partial charge in [0.2, 0.25) is 5.91 Å². The van der Waals surface area contributed by atoms with Crippen molar-refractivity contribution in [2.45, 2.75) is 76.9 Å². The number of hydrogen-bond donors (Lipinski definition) is 1. The fourth-order valence-corrected chi connectivity index (χ4v) is 6.45. The van der Waals surface area contributed by atoms with Gasteiger partial charge in [0.05, 0.1) is 29.0 Å². The molecular formula is C27H34F6N4O3. The lowest BCUT2D eigenvalue weighted by Gasteiger charge is -2.44. The van der Waals surface area contributed by atoms with Gasteiger partial charge in [-0.05, 0) is 61.9 Å². The van der Waals surface area contributed by atoms with Crippen LogP contribution < -0.4 is 10.6 Å². The van der Waals surface area contributed by atoms with Crippen molar-refractivity contribution in [1.29, 1.82) is 0 Å². The van der Waals surface area contributed by atoms with E-state index in [1.807, 2.05) is 0 Å². The first-order valence-corrected chi connectivity index (χ1v) is 13.3. The third kappa shape index (κ3) is 5.48. The Morgan fingerprint density at radius 1 is 1.12 bits per heavy atom. The van der Waals surface area contributed by atoms with Crippen molar-refractivity contribution in [2.75, 3.05) is 30.5 Å². The number of benzene rings is 1. The molecule has 2 N–H and O–H groups in total. The lowest BCUT2D eigenvalue weighted by molar-refractivity contribution is -0.192. The van der Waals surface area contributed by atoms with Gasteiger partial charge in [-0.1, -0.05) is 20.4 Å². The van der Waals surface area contributed by atoms with E-state index in [1.165, 1.54) is 16.0 Å². The van der Waals surface area contributed by atoms with Crippen molar-refractivity contribution in [2.24, 2.45) is 11.3 Å². The van der Waals surface area contributed by atoms with Crippen LogP contribution in [0.25, 0.3) is 0 Å². The number of hydrogen-bond acceptors (Lipinski definition) is 5. The zero-order valence-electron chi connectivity index (χ0n) is 22.4. The number of nitrogen functional groups attached to an aromatic ring is 1. The minimum absolute atomic E-state index is 0.0187. The molecule has 0 radical (unpaired) electrons. The van der Waals surface area contributed by atoms with Gasteiger partial charge in [0, 0.05) is 31.8 Å². The molecule has 1 aromatic carbocycles. The third-order valence-electron chi connectivity index (χ3n) is 8.53. The molecule has 2 amide bonds. The fraction of sp³-hybridized carbons (Fsp3) is 0.630. The summed E-state index contributed by atoms with van der Waals surface area (Å²) in [6.07, 6.45) is -7.36. The van der Waals surface area contributed by atoms with Crippen LogP contribution in [0.4, 0.5) is 37.7 Å². The van der Waals surface area contributed by atoms with E-state index in [0.29, 0.717) is 5.69 Å². The van der Waals surface area contributed by atoms with Gasteiger partial charge in [0.1, 0.15) is 0 Å². The van der Waals surface area contributed by atoms with Crippen LogP contribution in [-0.2, 0) is 27.0 Å². The lowest BCUT2D eigenvalue weighted by Crippen LogP contribution is -2.55. The SMILES string of the molecule is C=CN1CN(C(=O)[C@@]2(C(C)C)CC[C@@H](N(C(=O)C(F)(F)F)C3CCOCC3)C2)Cc2cc(C(F)(F)F)cc(N)c21. The molecule has 0 spiro atoms. The van der Waals surface area contributed by atoms with Crippen LogP contribution in [0.5, 0.6) is 0 Å². The van der Waals surface area contributed by atoms with E-state index in [4.69, 9.17) is 10.5 Å². The van der Waals surface area contributed by atoms with E-state index in [-0.39, 0.29) is 81.6 Å². The summed E-state index contributed by atoms with van der Waals surface area (Å²) in [5.74, 6) is -2.62. The molecule has 40 heavy (non-hydrogen) atoms. The molecule has 7 nitrogen and oxygen atoms in total. The molecule has 0 unspecified atom stereocenters. The molecule has 13 heteroatoms. The first kappa shape index (κ1) is 30.0.